The molecule has 22 heavy (non-hydrogen) atoms. The van der Waals surface area contributed by atoms with E-state index in [9.17, 15) is 4.39 Å². The molecule has 0 atom stereocenters. The van der Waals surface area contributed by atoms with Crippen LogP contribution in [0.4, 0.5) is 16.2 Å². The summed E-state index contributed by atoms with van der Waals surface area (Å²) in [6.07, 6.45) is 3.19. The number of anilines is 2. The van der Waals surface area contributed by atoms with Crippen molar-refractivity contribution in [1.29, 1.82) is 0 Å². The average Bonchev–Trinajstić information content (AvgIpc) is 2.54. The first-order valence-corrected chi connectivity index (χ1v) is 7.32. The predicted octanol–water partition coefficient (Wildman–Crippen LogP) is 2.72. The van der Waals surface area contributed by atoms with Crippen molar-refractivity contribution in [3.05, 3.63) is 47.9 Å². The SMILES string of the molecule is COCCCNc1ccnc(NCCc2ccccc2F)n1. The first-order valence-electron chi connectivity index (χ1n) is 7.32. The van der Waals surface area contributed by atoms with Crippen molar-refractivity contribution in [1.82, 2.24) is 9.97 Å². The first-order chi connectivity index (χ1) is 10.8. The lowest BCUT2D eigenvalue weighted by molar-refractivity contribution is 0.198. The number of benzene rings is 1. The Hall–Kier alpha value is -2.21. The number of aromatic nitrogens is 2. The van der Waals surface area contributed by atoms with E-state index in [2.05, 4.69) is 20.6 Å². The smallest absolute Gasteiger partial charge is 0.224 e. The van der Waals surface area contributed by atoms with Crippen LogP contribution in [0.5, 0.6) is 0 Å². The Morgan fingerprint density at radius 2 is 2.00 bits per heavy atom. The van der Waals surface area contributed by atoms with Gasteiger partial charge in [-0.1, -0.05) is 18.2 Å². The maximum absolute atomic E-state index is 13.5. The quantitative estimate of drug-likeness (QED) is 0.698. The molecule has 0 bridgehead atoms. The molecule has 0 unspecified atom stereocenters. The molecule has 0 spiro atoms. The highest BCUT2D eigenvalue weighted by molar-refractivity contribution is 5.39. The van der Waals surface area contributed by atoms with E-state index in [0.29, 0.717) is 31.1 Å². The topological polar surface area (TPSA) is 59.1 Å². The third-order valence-corrected chi connectivity index (χ3v) is 3.12. The van der Waals surface area contributed by atoms with Crippen molar-refractivity contribution in [2.75, 3.05) is 37.4 Å². The molecule has 0 aliphatic carbocycles. The zero-order valence-corrected chi connectivity index (χ0v) is 12.7. The van der Waals surface area contributed by atoms with Crippen LogP contribution in [-0.2, 0) is 11.2 Å². The van der Waals surface area contributed by atoms with Crippen molar-refractivity contribution in [3.8, 4) is 0 Å². The number of methoxy groups -OCH3 is 1. The highest BCUT2D eigenvalue weighted by atomic mass is 19.1. The summed E-state index contributed by atoms with van der Waals surface area (Å²) in [5.74, 6) is 1.12. The Labute approximate surface area is 129 Å². The van der Waals surface area contributed by atoms with Crippen LogP contribution in [0.25, 0.3) is 0 Å². The number of hydrogen-bond donors (Lipinski definition) is 2. The second-order valence-corrected chi connectivity index (χ2v) is 4.81. The minimum absolute atomic E-state index is 0.182. The van der Waals surface area contributed by atoms with Crippen LogP contribution in [0.3, 0.4) is 0 Å². The second-order valence-electron chi connectivity index (χ2n) is 4.81. The van der Waals surface area contributed by atoms with Gasteiger partial charge in [0.05, 0.1) is 0 Å². The highest BCUT2D eigenvalue weighted by Gasteiger charge is 2.02. The van der Waals surface area contributed by atoms with Gasteiger partial charge >= 0.3 is 0 Å². The van der Waals surface area contributed by atoms with Crippen LogP contribution >= 0.6 is 0 Å². The van der Waals surface area contributed by atoms with E-state index in [1.165, 1.54) is 6.07 Å². The van der Waals surface area contributed by atoms with Crippen LogP contribution < -0.4 is 10.6 Å². The summed E-state index contributed by atoms with van der Waals surface area (Å²) in [7, 11) is 1.68. The molecule has 0 aliphatic rings. The van der Waals surface area contributed by atoms with Gasteiger partial charge in [-0.15, -0.1) is 0 Å². The van der Waals surface area contributed by atoms with Gasteiger partial charge in [-0.05, 0) is 30.5 Å². The molecular formula is C16H21FN4O. The number of nitrogens with one attached hydrogen (secondary N) is 2. The molecule has 2 aromatic rings. The average molecular weight is 304 g/mol. The summed E-state index contributed by atoms with van der Waals surface area (Å²) in [6, 6.07) is 8.59. The second kappa shape index (κ2) is 8.94. The Morgan fingerprint density at radius 1 is 1.14 bits per heavy atom. The number of rotatable bonds is 9. The number of ether oxygens (including phenoxy) is 1. The first kappa shape index (κ1) is 16.2. The summed E-state index contributed by atoms with van der Waals surface area (Å²) >= 11 is 0. The van der Waals surface area contributed by atoms with Crippen molar-refractivity contribution < 1.29 is 9.13 Å². The van der Waals surface area contributed by atoms with Crippen LogP contribution in [0.15, 0.2) is 36.5 Å². The van der Waals surface area contributed by atoms with Crippen molar-refractivity contribution >= 4 is 11.8 Å². The van der Waals surface area contributed by atoms with Gasteiger partial charge in [-0.3, -0.25) is 0 Å². The fourth-order valence-electron chi connectivity index (χ4n) is 1.99. The molecule has 0 fully saturated rings. The number of nitrogens with zero attached hydrogens (tertiary/aromatic N) is 2. The van der Waals surface area contributed by atoms with Gasteiger partial charge < -0.3 is 15.4 Å². The standard InChI is InChI=1S/C16H21FN4O/c1-22-12-4-9-18-15-8-11-20-16(21-15)19-10-7-13-5-2-3-6-14(13)17/h2-3,5-6,8,11H,4,7,9-10,12H2,1H3,(H2,18,19,20,21). The third-order valence-electron chi connectivity index (χ3n) is 3.12. The van der Waals surface area contributed by atoms with E-state index >= 15 is 0 Å². The molecule has 0 saturated heterocycles. The van der Waals surface area contributed by atoms with Gasteiger partial charge in [-0.25, -0.2) is 9.37 Å². The van der Waals surface area contributed by atoms with Crippen molar-refractivity contribution in [2.45, 2.75) is 12.8 Å². The lowest BCUT2D eigenvalue weighted by Gasteiger charge is -2.08. The molecule has 0 radical (unpaired) electrons. The van der Waals surface area contributed by atoms with Gasteiger partial charge in [0.2, 0.25) is 5.95 Å². The van der Waals surface area contributed by atoms with Crippen LogP contribution in [0.2, 0.25) is 0 Å². The Morgan fingerprint density at radius 3 is 2.82 bits per heavy atom. The Balaban J connectivity index is 1.79. The summed E-state index contributed by atoms with van der Waals surface area (Å²) < 4.78 is 18.5. The summed E-state index contributed by atoms with van der Waals surface area (Å²) in [6.45, 7) is 2.08. The molecule has 118 valence electrons. The minimum Gasteiger partial charge on any atom is -0.385 e. The molecule has 1 aromatic heterocycles. The molecule has 6 heteroatoms. The Kier molecular flexibility index (Phi) is 6.57. The van der Waals surface area contributed by atoms with Gasteiger partial charge in [0.1, 0.15) is 11.6 Å². The van der Waals surface area contributed by atoms with Crippen molar-refractivity contribution in [2.24, 2.45) is 0 Å². The zero-order valence-electron chi connectivity index (χ0n) is 12.7. The van der Waals surface area contributed by atoms with E-state index in [0.717, 1.165) is 18.8 Å². The molecule has 2 rings (SSSR count). The van der Waals surface area contributed by atoms with Gasteiger partial charge in [0, 0.05) is 33.0 Å². The predicted molar refractivity (Wildman–Crippen MR) is 85.6 cm³/mol. The van der Waals surface area contributed by atoms with Crippen LogP contribution in [0, 0.1) is 5.82 Å². The van der Waals surface area contributed by atoms with E-state index < -0.39 is 0 Å². The molecule has 0 saturated carbocycles. The summed E-state index contributed by atoms with van der Waals surface area (Å²) in [5, 5.41) is 6.31. The van der Waals surface area contributed by atoms with Crippen LogP contribution in [-0.4, -0.2) is 36.8 Å². The number of hydrogen-bond acceptors (Lipinski definition) is 5. The highest BCUT2D eigenvalue weighted by Crippen LogP contribution is 2.09. The zero-order chi connectivity index (χ0) is 15.6. The van der Waals surface area contributed by atoms with E-state index in [4.69, 9.17) is 4.74 Å². The third kappa shape index (κ3) is 5.29. The van der Waals surface area contributed by atoms with E-state index in [-0.39, 0.29) is 5.82 Å². The van der Waals surface area contributed by atoms with E-state index in [1.54, 1.807) is 25.4 Å². The molecule has 2 N–H and O–H groups in total. The fourth-order valence-corrected chi connectivity index (χ4v) is 1.99. The maximum Gasteiger partial charge on any atom is 0.224 e. The fraction of sp³-hybridized carbons (Fsp3) is 0.375. The molecule has 1 aromatic carbocycles. The minimum atomic E-state index is -0.182. The van der Waals surface area contributed by atoms with Crippen LogP contribution in [0.1, 0.15) is 12.0 Å². The summed E-state index contributed by atoms with van der Waals surface area (Å²) in [4.78, 5) is 8.51. The molecular weight excluding hydrogens is 283 g/mol. The Bertz CT molecular complexity index is 580. The number of halogens is 1. The summed E-state index contributed by atoms with van der Waals surface area (Å²) in [5.41, 5.74) is 0.684. The van der Waals surface area contributed by atoms with Gasteiger partial charge in [0.15, 0.2) is 0 Å². The molecule has 0 amide bonds. The largest absolute Gasteiger partial charge is 0.385 e. The van der Waals surface area contributed by atoms with Gasteiger partial charge in [-0.2, -0.15) is 4.98 Å². The molecule has 0 aliphatic heterocycles. The monoisotopic (exact) mass is 304 g/mol. The molecule has 5 nitrogen and oxygen atoms in total. The normalized spacial score (nSPS) is 10.5. The van der Waals surface area contributed by atoms with Crippen molar-refractivity contribution in [3.63, 3.8) is 0 Å². The molecule has 1 heterocycles. The lowest BCUT2D eigenvalue weighted by atomic mass is 10.1. The lowest BCUT2D eigenvalue weighted by Crippen LogP contribution is -2.11. The van der Waals surface area contributed by atoms with E-state index in [1.807, 2.05) is 12.1 Å². The maximum atomic E-state index is 13.5. The van der Waals surface area contributed by atoms with Gasteiger partial charge in [0.25, 0.3) is 0 Å².